The van der Waals surface area contributed by atoms with E-state index >= 15 is 0 Å². The summed E-state index contributed by atoms with van der Waals surface area (Å²) in [5, 5.41) is 14.1. The molecule has 0 radical (unpaired) electrons. The lowest BCUT2D eigenvalue weighted by Crippen LogP contribution is -2.55. The Hall–Kier alpha value is -2.99. The van der Waals surface area contributed by atoms with E-state index in [-0.39, 0.29) is 17.9 Å². The summed E-state index contributed by atoms with van der Waals surface area (Å²) >= 11 is 0. The second kappa shape index (κ2) is 9.71. The van der Waals surface area contributed by atoms with Crippen molar-refractivity contribution in [3.8, 4) is 17.2 Å². The van der Waals surface area contributed by atoms with Gasteiger partial charge in [-0.15, -0.1) is 0 Å². The van der Waals surface area contributed by atoms with E-state index < -0.39 is 35.6 Å². The normalized spacial score (nSPS) is 17.0. The summed E-state index contributed by atoms with van der Waals surface area (Å²) < 4.78 is 69.2. The van der Waals surface area contributed by atoms with Crippen LogP contribution in [0.1, 0.15) is 44.7 Å². The molecule has 4 nitrogen and oxygen atoms in total. The Bertz CT molecular complexity index is 1030. The van der Waals surface area contributed by atoms with Gasteiger partial charge in [-0.3, -0.25) is 10.1 Å². The van der Waals surface area contributed by atoms with E-state index in [2.05, 4.69) is 11.4 Å². The van der Waals surface area contributed by atoms with E-state index in [1.165, 1.54) is 12.1 Å². The van der Waals surface area contributed by atoms with Gasteiger partial charge in [0, 0.05) is 0 Å². The van der Waals surface area contributed by atoms with Crippen molar-refractivity contribution in [3.63, 3.8) is 0 Å². The highest BCUT2D eigenvalue weighted by molar-refractivity contribution is 5.82. The fourth-order valence-electron chi connectivity index (χ4n) is 3.74. The maximum atomic E-state index is 14.6. The number of rotatable bonds is 9. The Morgan fingerprint density at radius 2 is 1.56 bits per heavy atom. The first kappa shape index (κ1) is 25.6. The fraction of sp³-hybridized carbons (Fsp3) is 0.440. The summed E-state index contributed by atoms with van der Waals surface area (Å²) in [5.41, 5.74) is 0.0783. The van der Waals surface area contributed by atoms with Crippen molar-refractivity contribution < 1.29 is 26.7 Å². The van der Waals surface area contributed by atoms with Crippen molar-refractivity contribution in [1.29, 1.82) is 5.26 Å². The van der Waals surface area contributed by atoms with E-state index in [0.29, 0.717) is 18.4 Å². The largest absolute Gasteiger partial charge is 0.455 e. The third-order valence-electron chi connectivity index (χ3n) is 5.82. The van der Waals surface area contributed by atoms with E-state index in [1.807, 2.05) is 5.32 Å². The Labute approximate surface area is 195 Å². The summed E-state index contributed by atoms with van der Waals surface area (Å²) in [7, 11) is 0. The van der Waals surface area contributed by atoms with Crippen molar-refractivity contribution >= 4 is 5.91 Å². The van der Waals surface area contributed by atoms with Crippen LogP contribution >= 0.6 is 0 Å². The van der Waals surface area contributed by atoms with Crippen LogP contribution in [0.15, 0.2) is 54.6 Å². The smallest absolute Gasteiger partial charge is 0.342 e. The van der Waals surface area contributed by atoms with Gasteiger partial charge in [0.25, 0.3) is 0 Å². The summed E-state index contributed by atoms with van der Waals surface area (Å²) in [5.74, 6) is -6.29. The van der Waals surface area contributed by atoms with Gasteiger partial charge in [0.15, 0.2) is 0 Å². The average molecular weight is 479 g/mol. The van der Waals surface area contributed by atoms with Crippen molar-refractivity contribution in [3.05, 3.63) is 60.2 Å². The highest BCUT2D eigenvalue weighted by Gasteiger charge is 2.63. The number of carbonyl (C=O) groups is 1. The highest BCUT2D eigenvalue weighted by atomic mass is 19.4. The minimum absolute atomic E-state index is 0.0653. The average Bonchev–Trinajstić information content (AvgIpc) is 3.56. The number of hydrogen-bond donors (Lipinski definition) is 2. The molecular weight excluding hydrogens is 453 g/mol. The lowest BCUT2D eigenvalue weighted by atomic mass is 9.95. The maximum absolute atomic E-state index is 14.6. The molecule has 9 heteroatoms. The molecule has 1 aliphatic carbocycles. The molecule has 0 bridgehead atoms. The van der Waals surface area contributed by atoms with Gasteiger partial charge in [0.05, 0.1) is 12.1 Å². The van der Waals surface area contributed by atoms with Crippen LogP contribution in [0.3, 0.4) is 0 Å². The van der Waals surface area contributed by atoms with E-state index in [0.717, 1.165) is 17.7 Å². The SMILES string of the molecule is CC(C)C[C@H](NC1(C#N)CC1)C(=O)N[C@@H](c1ccc(-c2ccccc2)cc1)C(F)(F)C(F)(F)F. The number of carbonyl (C=O) groups excluding carboxylic acids is 1. The van der Waals surface area contributed by atoms with Crippen LogP contribution in [0, 0.1) is 17.2 Å². The van der Waals surface area contributed by atoms with Gasteiger partial charge < -0.3 is 5.32 Å². The first-order chi connectivity index (χ1) is 15.9. The second-order valence-corrected chi connectivity index (χ2v) is 9.07. The van der Waals surface area contributed by atoms with Crippen LogP contribution in [-0.2, 0) is 4.79 Å². The topological polar surface area (TPSA) is 64.9 Å². The van der Waals surface area contributed by atoms with Gasteiger partial charge in [0.1, 0.15) is 11.6 Å². The van der Waals surface area contributed by atoms with Gasteiger partial charge >= 0.3 is 12.1 Å². The summed E-state index contributed by atoms with van der Waals surface area (Å²) in [6.45, 7) is 3.58. The fourth-order valence-corrected chi connectivity index (χ4v) is 3.74. The number of nitrogens with zero attached hydrogens (tertiary/aromatic N) is 1. The van der Waals surface area contributed by atoms with Crippen LogP contribution in [0.5, 0.6) is 0 Å². The molecule has 0 aromatic heterocycles. The Balaban J connectivity index is 1.91. The highest BCUT2D eigenvalue weighted by Crippen LogP contribution is 2.45. The monoisotopic (exact) mass is 479 g/mol. The minimum atomic E-state index is -5.88. The van der Waals surface area contributed by atoms with Crippen molar-refractivity contribution in [2.45, 2.75) is 62.8 Å². The number of alkyl halides is 5. The van der Waals surface area contributed by atoms with Crippen LogP contribution in [-0.4, -0.2) is 29.6 Å². The molecule has 1 amide bonds. The number of hydrogen-bond acceptors (Lipinski definition) is 3. The third-order valence-corrected chi connectivity index (χ3v) is 5.82. The predicted octanol–water partition coefficient (Wildman–Crippen LogP) is 5.77. The van der Waals surface area contributed by atoms with Gasteiger partial charge in [-0.25, -0.2) is 0 Å². The molecule has 34 heavy (non-hydrogen) atoms. The first-order valence-corrected chi connectivity index (χ1v) is 11.0. The molecule has 0 aliphatic heterocycles. The molecule has 0 heterocycles. The molecule has 1 aliphatic rings. The zero-order chi connectivity index (χ0) is 25.1. The standard InChI is InChI=1S/C25H26F5N3O/c1-16(2)14-20(33-23(15-31)12-13-23)22(34)32-21(24(26,27)25(28,29)30)19-10-8-18(9-11-19)17-6-4-3-5-7-17/h3-11,16,20-21,33H,12-14H2,1-2H3,(H,32,34)/t20-,21-/m0/s1. The Morgan fingerprint density at radius 1 is 1.00 bits per heavy atom. The number of amides is 1. The quantitative estimate of drug-likeness (QED) is 0.449. The van der Waals surface area contributed by atoms with Gasteiger partial charge in [0.2, 0.25) is 5.91 Å². The second-order valence-electron chi connectivity index (χ2n) is 9.07. The van der Waals surface area contributed by atoms with Crippen molar-refractivity contribution in [1.82, 2.24) is 10.6 Å². The van der Waals surface area contributed by atoms with E-state index in [4.69, 9.17) is 0 Å². The summed E-state index contributed by atoms with van der Waals surface area (Å²) in [6.07, 6.45) is -4.75. The first-order valence-electron chi connectivity index (χ1n) is 11.0. The zero-order valence-corrected chi connectivity index (χ0v) is 18.8. The number of nitriles is 1. The summed E-state index contributed by atoms with van der Waals surface area (Å²) in [4.78, 5) is 13.0. The molecule has 1 fully saturated rings. The Kier molecular flexibility index (Phi) is 7.32. The minimum Gasteiger partial charge on any atom is -0.342 e. The maximum Gasteiger partial charge on any atom is 0.455 e. The van der Waals surface area contributed by atoms with Crippen molar-refractivity contribution in [2.75, 3.05) is 0 Å². The Morgan fingerprint density at radius 3 is 2.03 bits per heavy atom. The molecule has 3 rings (SSSR count). The van der Waals surface area contributed by atoms with Crippen LogP contribution < -0.4 is 10.6 Å². The molecule has 182 valence electrons. The molecule has 0 unspecified atom stereocenters. The molecular formula is C25H26F5N3O. The number of benzene rings is 2. The van der Waals surface area contributed by atoms with Crippen LogP contribution in [0.25, 0.3) is 11.1 Å². The van der Waals surface area contributed by atoms with Crippen molar-refractivity contribution in [2.24, 2.45) is 5.92 Å². The third kappa shape index (κ3) is 5.73. The number of halogens is 5. The molecule has 2 aromatic carbocycles. The van der Waals surface area contributed by atoms with Crippen LogP contribution in [0.4, 0.5) is 22.0 Å². The van der Waals surface area contributed by atoms with Crippen LogP contribution in [0.2, 0.25) is 0 Å². The number of nitrogens with one attached hydrogen (secondary N) is 2. The molecule has 2 aromatic rings. The van der Waals surface area contributed by atoms with E-state index in [9.17, 15) is 32.0 Å². The van der Waals surface area contributed by atoms with Gasteiger partial charge in [-0.05, 0) is 41.9 Å². The summed E-state index contributed by atoms with van der Waals surface area (Å²) in [6, 6.07) is 12.5. The molecule has 0 saturated heterocycles. The van der Waals surface area contributed by atoms with E-state index in [1.54, 1.807) is 44.2 Å². The molecule has 1 saturated carbocycles. The predicted molar refractivity (Wildman–Crippen MR) is 118 cm³/mol. The lowest BCUT2D eigenvalue weighted by molar-refractivity contribution is -0.293. The van der Waals surface area contributed by atoms with Gasteiger partial charge in [-0.1, -0.05) is 68.4 Å². The van der Waals surface area contributed by atoms with Gasteiger partial charge in [-0.2, -0.15) is 27.2 Å². The molecule has 2 N–H and O–H groups in total. The zero-order valence-electron chi connectivity index (χ0n) is 18.8. The molecule has 0 spiro atoms. The lowest BCUT2D eigenvalue weighted by Gasteiger charge is -2.32. The molecule has 2 atom stereocenters.